The molecular weight excluding hydrogens is 222 g/mol. The van der Waals surface area contributed by atoms with Crippen LogP contribution in [0.5, 0.6) is 5.75 Å². The molecule has 0 unspecified atom stereocenters. The molecule has 1 atom stereocenters. The number of carboxylic acids is 1. The Morgan fingerprint density at radius 2 is 2.06 bits per heavy atom. The summed E-state index contributed by atoms with van der Waals surface area (Å²) < 4.78 is 5.30. The number of aliphatic hydroxyl groups excluding tert-OH is 1. The molecule has 0 saturated heterocycles. The molecule has 1 aromatic carbocycles. The summed E-state index contributed by atoms with van der Waals surface area (Å²) in [7, 11) is 0. The molecule has 0 heterocycles. The number of rotatable bonds is 6. The van der Waals surface area contributed by atoms with Crippen molar-refractivity contribution in [1.29, 1.82) is 5.26 Å². The van der Waals surface area contributed by atoms with Gasteiger partial charge in [-0.15, -0.1) is 0 Å². The Labute approximate surface area is 98.9 Å². The van der Waals surface area contributed by atoms with E-state index in [0.717, 1.165) is 0 Å². The molecule has 5 heteroatoms. The number of hydrogen-bond donors (Lipinski definition) is 2. The lowest BCUT2D eigenvalue weighted by molar-refractivity contribution is -0.139. The first-order chi connectivity index (χ1) is 8.11. The van der Waals surface area contributed by atoms with Gasteiger partial charge in [0.15, 0.2) is 0 Å². The molecule has 0 bridgehead atoms. The van der Waals surface area contributed by atoms with Gasteiger partial charge < -0.3 is 14.9 Å². The standard InChI is InChI=1S/C12H13NO4/c13-8-9-1-3-11(4-2-9)17-6-5-10(14)7-12(15)16/h1-4,10,14H,5-7H2,(H,15,16)/t10-/m1/s1. The number of benzene rings is 1. The molecule has 0 aliphatic carbocycles. The number of carboxylic acid groups (broad SMARTS) is 1. The summed E-state index contributed by atoms with van der Waals surface area (Å²) in [5.74, 6) is -0.442. The monoisotopic (exact) mass is 235 g/mol. The zero-order valence-electron chi connectivity index (χ0n) is 9.17. The maximum absolute atomic E-state index is 10.3. The maximum atomic E-state index is 10.3. The predicted molar refractivity (Wildman–Crippen MR) is 59.5 cm³/mol. The molecule has 0 amide bonds. The van der Waals surface area contributed by atoms with Crippen LogP contribution >= 0.6 is 0 Å². The second-order valence-corrected chi connectivity index (χ2v) is 3.53. The van der Waals surface area contributed by atoms with Gasteiger partial charge in [-0.05, 0) is 24.3 Å². The second kappa shape index (κ2) is 6.51. The van der Waals surface area contributed by atoms with Gasteiger partial charge in [0.1, 0.15) is 5.75 Å². The molecule has 90 valence electrons. The topological polar surface area (TPSA) is 90.5 Å². The second-order valence-electron chi connectivity index (χ2n) is 3.53. The van der Waals surface area contributed by atoms with Crippen LogP contribution in [0.3, 0.4) is 0 Å². The van der Waals surface area contributed by atoms with Crippen molar-refractivity contribution in [3.8, 4) is 11.8 Å². The van der Waals surface area contributed by atoms with Gasteiger partial charge in [0.05, 0.1) is 30.8 Å². The molecule has 5 nitrogen and oxygen atoms in total. The van der Waals surface area contributed by atoms with Crippen LogP contribution in [0, 0.1) is 11.3 Å². The van der Waals surface area contributed by atoms with Crippen LogP contribution in [0.2, 0.25) is 0 Å². The first-order valence-corrected chi connectivity index (χ1v) is 5.14. The minimum Gasteiger partial charge on any atom is -0.493 e. The van der Waals surface area contributed by atoms with Crippen LogP contribution in [-0.4, -0.2) is 28.9 Å². The van der Waals surface area contributed by atoms with Crippen LogP contribution in [0.15, 0.2) is 24.3 Å². The van der Waals surface area contributed by atoms with Crippen molar-refractivity contribution in [1.82, 2.24) is 0 Å². The molecule has 0 radical (unpaired) electrons. The van der Waals surface area contributed by atoms with Gasteiger partial charge in [0.2, 0.25) is 0 Å². The molecule has 17 heavy (non-hydrogen) atoms. The van der Waals surface area contributed by atoms with Crippen LogP contribution in [-0.2, 0) is 4.79 Å². The Bertz CT molecular complexity index is 408. The quantitative estimate of drug-likeness (QED) is 0.772. The zero-order chi connectivity index (χ0) is 12.7. The Kier molecular flexibility index (Phi) is 4.98. The normalized spacial score (nSPS) is 11.5. The van der Waals surface area contributed by atoms with Crippen molar-refractivity contribution in [2.75, 3.05) is 6.61 Å². The van der Waals surface area contributed by atoms with E-state index in [-0.39, 0.29) is 19.4 Å². The molecule has 2 N–H and O–H groups in total. The van der Waals surface area contributed by atoms with Gasteiger partial charge in [-0.2, -0.15) is 5.26 Å². The van der Waals surface area contributed by atoms with E-state index < -0.39 is 12.1 Å². The number of ether oxygens (including phenoxy) is 1. The molecule has 0 fully saturated rings. The van der Waals surface area contributed by atoms with E-state index >= 15 is 0 Å². The number of aliphatic hydroxyl groups is 1. The first-order valence-electron chi connectivity index (χ1n) is 5.14. The summed E-state index contributed by atoms with van der Waals surface area (Å²) in [5.41, 5.74) is 0.545. The molecule has 0 saturated carbocycles. The van der Waals surface area contributed by atoms with Gasteiger partial charge in [-0.25, -0.2) is 0 Å². The van der Waals surface area contributed by atoms with Gasteiger partial charge in [0, 0.05) is 6.42 Å². The summed E-state index contributed by atoms with van der Waals surface area (Å²) >= 11 is 0. The third-order valence-corrected chi connectivity index (χ3v) is 2.11. The predicted octanol–water partition coefficient (Wildman–Crippen LogP) is 1.16. The van der Waals surface area contributed by atoms with Gasteiger partial charge in [0.25, 0.3) is 0 Å². The van der Waals surface area contributed by atoms with E-state index in [1.165, 1.54) is 0 Å². The maximum Gasteiger partial charge on any atom is 0.305 e. The highest BCUT2D eigenvalue weighted by atomic mass is 16.5. The third-order valence-electron chi connectivity index (χ3n) is 2.11. The fraction of sp³-hybridized carbons (Fsp3) is 0.333. The summed E-state index contributed by atoms with van der Waals surface area (Å²) in [6, 6.07) is 8.56. The Morgan fingerprint density at radius 3 is 2.59 bits per heavy atom. The highest BCUT2D eigenvalue weighted by Crippen LogP contribution is 2.12. The number of nitrogens with zero attached hydrogens (tertiary/aromatic N) is 1. The van der Waals surface area contributed by atoms with Gasteiger partial charge >= 0.3 is 5.97 Å². The van der Waals surface area contributed by atoms with Crippen molar-refractivity contribution in [3.63, 3.8) is 0 Å². The Balaban J connectivity index is 2.31. The molecule has 0 spiro atoms. The van der Waals surface area contributed by atoms with Crippen molar-refractivity contribution in [2.45, 2.75) is 18.9 Å². The fourth-order valence-corrected chi connectivity index (χ4v) is 1.24. The number of carbonyl (C=O) groups is 1. The molecule has 0 aromatic heterocycles. The van der Waals surface area contributed by atoms with Gasteiger partial charge in [-0.1, -0.05) is 0 Å². The molecule has 1 aromatic rings. The highest BCUT2D eigenvalue weighted by molar-refractivity contribution is 5.67. The van der Waals surface area contributed by atoms with Crippen molar-refractivity contribution in [3.05, 3.63) is 29.8 Å². The minimum absolute atomic E-state index is 0.236. The number of aliphatic carboxylic acids is 1. The summed E-state index contributed by atoms with van der Waals surface area (Å²) in [6.07, 6.45) is -0.922. The van der Waals surface area contributed by atoms with Crippen LogP contribution in [0.25, 0.3) is 0 Å². The summed E-state index contributed by atoms with van der Waals surface area (Å²) in [6.45, 7) is 0.236. The lowest BCUT2D eigenvalue weighted by atomic mass is 10.2. The van der Waals surface area contributed by atoms with Crippen LogP contribution in [0.4, 0.5) is 0 Å². The zero-order valence-corrected chi connectivity index (χ0v) is 9.17. The van der Waals surface area contributed by atoms with Crippen molar-refractivity contribution in [2.24, 2.45) is 0 Å². The van der Waals surface area contributed by atoms with E-state index in [2.05, 4.69) is 0 Å². The Morgan fingerprint density at radius 1 is 1.41 bits per heavy atom. The average Bonchev–Trinajstić information content (AvgIpc) is 2.29. The van der Waals surface area contributed by atoms with E-state index in [0.29, 0.717) is 11.3 Å². The lowest BCUT2D eigenvalue weighted by Gasteiger charge is -2.09. The SMILES string of the molecule is N#Cc1ccc(OCC[C@@H](O)CC(=O)O)cc1. The number of nitriles is 1. The largest absolute Gasteiger partial charge is 0.493 e. The molecule has 1 rings (SSSR count). The molecular formula is C12H13NO4. The smallest absolute Gasteiger partial charge is 0.305 e. The highest BCUT2D eigenvalue weighted by Gasteiger charge is 2.09. The van der Waals surface area contributed by atoms with Crippen molar-refractivity contribution >= 4 is 5.97 Å². The van der Waals surface area contributed by atoms with Crippen LogP contribution < -0.4 is 4.74 Å². The minimum atomic E-state index is -1.03. The lowest BCUT2D eigenvalue weighted by Crippen LogP contribution is -2.16. The molecule has 0 aliphatic heterocycles. The first kappa shape index (κ1) is 13.0. The van der Waals surface area contributed by atoms with Crippen LogP contribution in [0.1, 0.15) is 18.4 Å². The van der Waals surface area contributed by atoms with Gasteiger partial charge in [-0.3, -0.25) is 4.79 Å². The van der Waals surface area contributed by atoms with Crippen molar-refractivity contribution < 1.29 is 19.7 Å². The third kappa shape index (κ3) is 5.00. The van der Waals surface area contributed by atoms with E-state index in [9.17, 15) is 9.90 Å². The van der Waals surface area contributed by atoms with E-state index in [4.69, 9.17) is 15.1 Å². The summed E-state index contributed by atoms with van der Waals surface area (Å²) in [4.78, 5) is 10.3. The Hall–Kier alpha value is -2.06. The fourth-order valence-electron chi connectivity index (χ4n) is 1.24. The number of hydrogen-bond acceptors (Lipinski definition) is 4. The van der Waals surface area contributed by atoms with E-state index in [1.54, 1.807) is 24.3 Å². The molecule has 0 aliphatic rings. The summed E-state index contributed by atoms with van der Waals surface area (Å²) in [5, 5.41) is 26.3. The van der Waals surface area contributed by atoms with E-state index in [1.807, 2.05) is 6.07 Å². The average molecular weight is 235 g/mol.